The van der Waals surface area contributed by atoms with Crippen molar-refractivity contribution in [2.24, 2.45) is 0 Å². The molecule has 1 aliphatic heterocycles. The van der Waals surface area contributed by atoms with Crippen LogP contribution in [0, 0.1) is 5.82 Å². The number of rotatable bonds is 3. The molecule has 21 heavy (non-hydrogen) atoms. The number of nitrogens with one attached hydrogen (secondary N) is 1. The van der Waals surface area contributed by atoms with E-state index in [1.165, 1.54) is 19.1 Å². The molecule has 1 aromatic carbocycles. The van der Waals surface area contributed by atoms with Gasteiger partial charge in [-0.2, -0.15) is 0 Å². The molecule has 1 atom stereocenters. The van der Waals surface area contributed by atoms with E-state index in [0.717, 1.165) is 11.0 Å². The molecule has 1 aromatic rings. The Labute approximate surface area is 128 Å². The molecule has 0 spiro atoms. The van der Waals surface area contributed by atoms with Gasteiger partial charge < -0.3 is 10.1 Å². The number of urea groups is 1. The Bertz CT molecular complexity index is 608. The van der Waals surface area contributed by atoms with Crippen molar-refractivity contribution in [1.29, 1.82) is 0 Å². The number of hydrogen-bond acceptors (Lipinski definition) is 4. The van der Waals surface area contributed by atoms with Crippen LogP contribution in [0.5, 0.6) is 0 Å². The molecule has 8 heteroatoms. The summed E-state index contributed by atoms with van der Waals surface area (Å²) >= 11 is 3.12. The number of nitrogens with zero attached hydrogens (tertiary/aromatic N) is 1. The minimum Gasteiger partial charge on any atom is -0.449 e. The summed E-state index contributed by atoms with van der Waals surface area (Å²) in [5.74, 6) is -2.36. The number of carbonyl (C=O) groups is 3. The van der Waals surface area contributed by atoms with E-state index in [2.05, 4.69) is 21.2 Å². The van der Waals surface area contributed by atoms with Gasteiger partial charge in [-0.1, -0.05) is 15.9 Å². The monoisotopic (exact) mass is 358 g/mol. The van der Waals surface area contributed by atoms with Gasteiger partial charge in [-0.15, -0.1) is 0 Å². The van der Waals surface area contributed by atoms with Crippen LogP contribution < -0.4 is 5.32 Å². The Kier molecular flexibility index (Phi) is 4.56. The Morgan fingerprint density at radius 2 is 2.19 bits per heavy atom. The van der Waals surface area contributed by atoms with E-state index < -0.39 is 29.8 Å². The van der Waals surface area contributed by atoms with E-state index in [1.807, 2.05) is 0 Å². The smallest absolute Gasteiger partial charge is 0.341 e. The van der Waals surface area contributed by atoms with Crippen LogP contribution in [0.25, 0.3) is 0 Å². The highest BCUT2D eigenvalue weighted by molar-refractivity contribution is 9.10. The third-order valence-corrected chi connectivity index (χ3v) is 3.40. The molecule has 1 fully saturated rings. The first-order valence-corrected chi connectivity index (χ1v) is 6.94. The van der Waals surface area contributed by atoms with Crippen LogP contribution in [0.2, 0.25) is 0 Å². The highest BCUT2D eigenvalue weighted by Gasteiger charge is 2.32. The normalized spacial score (nSPS) is 15.6. The molecule has 0 radical (unpaired) electrons. The lowest BCUT2D eigenvalue weighted by Gasteiger charge is -2.18. The Morgan fingerprint density at radius 1 is 1.48 bits per heavy atom. The van der Waals surface area contributed by atoms with Crippen molar-refractivity contribution < 1.29 is 23.5 Å². The number of esters is 1. The second-order valence-electron chi connectivity index (χ2n) is 4.39. The SMILES string of the molecule is CC(OC(=O)c1cc(Br)ccc1F)C(=O)N1CCNC1=O. The third kappa shape index (κ3) is 3.38. The summed E-state index contributed by atoms with van der Waals surface area (Å²) in [6.07, 6.45) is -1.18. The molecule has 1 saturated heterocycles. The van der Waals surface area contributed by atoms with Crippen molar-refractivity contribution in [3.8, 4) is 0 Å². The zero-order valence-electron chi connectivity index (χ0n) is 11.1. The number of imide groups is 1. The topological polar surface area (TPSA) is 75.7 Å². The fraction of sp³-hybridized carbons (Fsp3) is 0.308. The molecule has 6 nitrogen and oxygen atoms in total. The number of halogens is 2. The van der Waals surface area contributed by atoms with Gasteiger partial charge in [0.05, 0.1) is 5.56 Å². The number of ether oxygens (including phenoxy) is 1. The summed E-state index contributed by atoms with van der Waals surface area (Å²) in [4.78, 5) is 36.1. The molecule has 3 amide bonds. The highest BCUT2D eigenvalue weighted by Crippen LogP contribution is 2.17. The molecule has 1 N–H and O–H groups in total. The summed E-state index contributed by atoms with van der Waals surface area (Å²) in [6, 6.07) is 3.28. The largest absolute Gasteiger partial charge is 0.449 e. The van der Waals surface area contributed by atoms with Gasteiger partial charge >= 0.3 is 12.0 Å². The van der Waals surface area contributed by atoms with Crippen LogP contribution in [0.3, 0.4) is 0 Å². The summed E-state index contributed by atoms with van der Waals surface area (Å²) in [7, 11) is 0. The van der Waals surface area contributed by atoms with Crippen molar-refractivity contribution in [3.05, 3.63) is 34.1 Å². The van der Waals surface area contributed by atoms with Crippen LogP contribution in [-0.2, 0) is 9.53 Å². The van der Waals surface area contributed by atoms with Crippen LogP contribution in [0.1, 0.15) is 17.3 Å². The van der Waals surface area contributed by atoms with Crippen molar-refractivity contribution in [2.75, 3.05) is 13.1 Å². The zero-order chi connectivity index (χ0) is 15.6. The molecular formula is C13H12BrFN2O4. The fourth-order valence-electron chi connectivity index (χ4n) is 1.83. The summed E-state index contributed by atoms with van der Waals surface area (Å²) < 4.78 is 19.0. The average molecular weight is 359 g/mol. The second-order valence-corrected chi connectivity index (χ2v) is 5.31. The van der Waals surface area contributed by atoms with Crippen LogP contribution in [-0.4, -0.2) is 42.0 Å². The molecule has 2 rings (SSSR count). The third-order valence-electron chi connectivity index (χ3n) is 2.90. The molecule has 1 aliphatic rings. The van der Waals surface area contributed by atoms with E-state index in [0.29, 0.717) is 11.0 Å². The summed E-state index contributed by atoms with van der Waals surface area (Å²) in [5.41, 5.74) is -0.283. The van der Waals surface area contributed by atoms with Gasteiger partial charge in [0, 0.05) is 17.6 Å². The first-order valence-electron chi connectivity index (χ1n) is 6.15. The fourth-order valence-corrected chi connectivity index (χ4v) is 2.19. The molecule has 112 valence electrons. The molecule has 0 saturated carbocycles. The molecule has 1 heterocycles. The molecule has 0 aliphatic carbocycles. The maximum Gasteiger partial charge on any atom is 0.341 e. The summed E-state index contributed by atoms with van der Waals surface area (Å²) in [6.45, 7) is 1.90. The van der Waals surface area contributed by atoms with Crippen molar-refractivity contribution >= 4 is 33.8 Å². The van der Waals surface area contributed by atoms with Gasteiger partial charge in [-0.05, 0) is 25.1 Å². The van der Waals surface area contributed by atoms with Gasteiger partial charge in [-0.25, -0.2) is 14.0 Å². The lowest BCUT2D eigenvalue weighted by atomic mass is 10.2. The molecule has 0 aromatic heterocycles. The number of carbonyl (C=O) groups excluding carboxylic acids is 3. The number of benzene rings is 1. The first kappa shape index (κ1) is 15.4. The minimum absolute atomic E-state index is 0.213. The van der Waals surface area contributed by atoms with Gasteiger partial charge in [-0.3, -0.25) is 9.69 Å². The first-order chi connectivity index (χ1) is 9.90. The number of hydrogen-bond donors (Lipinski definition) is 1. The Balaban J connectivity index is 2.06. The molecule has 1 unspecified atom stereocenters. The minimum atomic E-state index is -1.18. The van der Waals surface area contributed by atoms with E-state index >= 15 is 0 Å². The molecular weight excluding hydrogens is 347 g/mol. The Morgan fingerprint density at radius 3 is 2.81 bits per heavy atom. The van der Waals surface area contributed by atoms with E-state index in [-0.39, 0.29) is 12.1 Å². The maximum absolute atomic E-state index is 13.6. The number of amides is 3. The van der Waals surface area contributed by atoms with Gasteiger partial charge in [0.15, 0.2) is 6.10 Å². The lowest BCUT2D eigenvalue weighted by molar-refractivity contribution is -0.136. The van der Waals surface area contributed by atoms with Crippen LogP contribution >= 0.6 is 15.9 Å². The van der Waals surface area contributed by atoms with Crippen molar-refractivity contribution in [2.45, 2.75) is 13.0 Å². The van der Waals surface area contributed by atoms with Crippen LogP contribution in [0.4, 0.5) is 9.18 Å². The van der Waals surface area contributed by atoms with E-state index in [9.17, 15) is 18.8 Å². The Hall–Kier alpha value is -1.96. The van der Waals surface area contributed by atoms with E-state index in [1.54, 1.807) is 0 Å². The average Bonchev–Trinajstić information content (AvgIpc) is 2.86. The van der Waals surface area contributed by atoms with Crippen molar-refractivity contribution in [1.82, 2.24) is 10.2 Å². The lowest BCUT2D eigenvalue weighted by Crippen LogP contribution is -2.41. The quantitative estimate of drug-likeness (QED) is 0.834. The predicted octanol–water partition coefficient (Wildman–Crippen LogP) is 1.69. The van der Waals surface area contributed by atoms with Crippen LogP contribution in [0.15, 0.2) is 22.7 Å². The maximum atomic E-state index is 13.6. The molecule has 0 bridgehead atoms. The predicted molar refractivity (Wildman–Crippen MR) is 74.1 cm³/mol. The van der Waals surface area contributed by atoms with Gasteiger partial charge in [0.25, 0.3) is 5.91 Å². The van der Waals surface area contributed by atoms with Crippen molar-refractivity contribution in [3.63, 3.8) is 0 Å². The highest BCUT2D eigenvalue weighted by atomic mass is 79.9. The van der Waals surface area contributed by atoms with E-state index in [4.69, 9.17) is 4.74 Å². The zero-order valence-corrected chi connectivity index (χ0v) is 12.6. The van der Waals surface area contributed by atoms with Gasteiger partial charge in [0.1, 0.15) is 5.82 Å². The second kappa shape index (κ2) is 6.21. The standard InChI is InChI=1S/C13H12BrFN2O4/c1-7(11(18)17-5-4-16-13(17)20)21-12(19)9-6-8(14)2-3-10(9)15/h2-3,6-7H,4-5H2,1H3,(H,16,20). The summed E-state index contributed by atoms with van der Waals surface area (Å²) in [5, 5.41) is 2.47. The van der Waals surface area contributed by atoms with Gasteiger partial charge in [0.2, 0.25) is 0 Å².